The van der Waals surface area contributed by atoms with Crippen LogP contribution in [0.2, 0.25) is 0 Å². The van der Waals surface area contributed by atoms with E-state index in [-0.39, 0.29) is 23.8 Å². The lowest BCUT2D eigenvalue weighted by Crippen LogP contribution is -2.52. The highest BCUT2D eigenvalue weighted by molar-refractivity contribution is 5.79. The number of benzene rings is 1. The minimum absolute atomic E-state index is 0.0261. The summed E-state index contributed by atoms with van der Waals surface area (Å²) in [6, 6.07) is 7.87. The maximum Gasteiger partial charge on any atom is 0.236 e. The van der Waals surface area contributed by atoms with Crippen LogP contribution in [0.25, 0.3) is 0 Å². The minimum Gasteiger partial charge on any atom is -0.497 e. The van der Waals surface area contributed by atoms with Crippen molar-refractivity contribution >= 4 is 11.8 Å². The second kappa shape index (κ2) is 11.5. The Kier molecular flexibility index (Phi) is 8.72. The quantitative estimate of drug-likeness (QED) is 0.685. The van der Waals surface area contributed by atoms with Crippen LogP contribution >= 0.6 is 0 Å². The van der Waals surface area contributed by atoms with E-state index in [1.165, 1.54) is 6.42 Å². The van der Waals surface area contributed by atoms with Gasteiger partial charge in [-0.1, -0.05) is 26.0 Å². The number of piperidine rings is 1. The Morgan fingerprint density at radius 2 is 1.48 bits per heavy atom. The molecule has 3 rings (SSSR count). The summed E-state index contributed by atoms with van der Waals surface area (Å²) in [7, 11) is 1.65. The van der Waals surface area contributed by atoms with E-state index in [2.05, 4.69) is 29.0 Å². The van der Waals surface area contributed by atoms with Crippen LogP contribution < -0.4 is 10.1 Å². The van der Waals surface area contributed by atoms with Gasteiger partial charge in [-0.25, -0.2) is 0 Å². The fourth-order valence-electron chi connectivity index (χ4n) is 4.41. The van der Waals surface area contributed by atoms with Crippen LogP contribution in [0.1, 0.15) is 44.7 Å². The van der Waals surface area contributed by atoms with Crippen molar-refractivity contribution in [3.8, 4) is 5.75 Å². The van der Waals surface area contributed by atoms with Gasteiger partial charge in [-0.2, -0.15) is 0 Å². The smallest absolute Gasteiger partial charge is 0.236 e. The summed E-state index contributed by atoms with van der Waals surface area (Å²) < 4.78 is 5.24. The first-order chi connectivity index (χ1) is 15.0. The number of nitrogens with zero attached hydrogens (tertiary/aromatic N) is 3. The lowest BCUT2D eigenvalue weighted by atomic mass is 9.96. The van der Waals surface area contributed by atoms with Gasteiger partial charge in [0.1, 0.15) is 5.75 Å². The monoisotopic (exact) mass is 430 g/mol. The molecule has 0 aliphatic carbocycles. The third kappa shape index (κ3) is 6.94. The van der Waals surface area contributed by atoms with E-state index in [0.717, 1.165) is 63.4 Å². The first-order valence-electron chi connectivity index (χ1n) is 11.6. The largest absolute Gasteiger partial charge is 0.497 e. The third-order valence-electron chi connectivity index (χ3n) is 6.36. The van der Waals surface area contributed by atoms with Gasteiger partial charge in [-0.05, 0) is 42.9 Å². The van der Waals surface area contributed by atoms with Crippen molar-refractivity contribution in [1.29, 1.82) is 0 Å². The van der Waals surface area contributed by atoms with E-state index in [1.54, 1.807) is 7.11 Å². The van der Waals surface area contributed by atoms with Crippen molar-refractivity contribution in [2.75, 3.05) is 59.5 Å². The zero-order valence-electron chi connectivity index (χ0n) is 19.3. The number of carbonyl (C=O) groups is 2. The van der Waals surface area contributed by atoms with E-state index < -0.39 is 0 Å². The number of rotatable bonds is 8. The summed E-state index contributed by atoms with van der Waals surface area (Å²) >= 11 is 0. The average molecular weight is 431 g/mol. The van der Waals surface area contributed by atoms with E-state index in [9.17, 15) is 9.59 Å². The summed E-state index contributed by atoms with van der Waals surface area (Å²) in [5.41, 5.74) is 1.09. The molecule has 7 heteroatoms. The van der Waals surface area contributed by atoms with Gasteiger partial charge >= 0.3 is 0 Å². The molecule has 0 saturated carbocycles. The van der Waals surface area contributed by atoms with E-state index in [1.807, 2.05) is 29.2 Å². The Bertz CT molecular complexity index is 708. The van der Waals surface area contributed by atoms with Crippen molar-refractivity contribution < 1.29 is 14.3 Å². The number of piperazine rings is 1. The van der Waals surface area contributed by atoms with Crippen molar-refractivity contribution in [2.45, 2.75) is 39.2 Å². The van der Waals surface area contributed by atoms with E-state index in [4.69, 9.17) is 4.74 Å². The Morgan fingerprint density at radius 1 is 0.903 bits per heavy atom. The van der Waals surface area contributed by atoms with Crippen molar-refractivity contribution in [3.63, 3.8) is 0 Å². The molecule has 1 aromatic rings. The summed E-state index contributed by atoms with van der Waals surface area (Å²) in [6.07, 6.45) is 3.49. The number of hydrogen-bond donors (Lipinski definition) is 1. The number of ether oxygens (including phenoxy) is 1. The third-order valence-corrected chi connectivity index (χ3v) is 6.36. The summed E-state index contributed by atoms with van der Waals surface area (Å²) in [5.74, 6) is 1.40. The van der Waals surface area contributed by atoms with E-state index in [0.29, 0.717) is 13.1 Å². The fraction of sp³-hybridized carbons (Fsp3) is 0.667. The second-order valence-electron chi connectivity index (χ2n) is 9.06. The molecule has 2 amide bonds. The number of hydrogen-bond acceptors (Lipinski definition) is 5. The van der Waals surface area contributed by atoms with Gasteiger partial charge in [-0.3, -0.25) is 19.4 Å². The number of nitrogens with one attached hydrogen (secondary N) is 1. The average Bonchev–Trinajstić information content (AvgIpc) is 2.79. The minimum atomic E-state index is -0.0261. The normalized spacial score (nSPS) is 19.3. The highest BCUT2D eigenvalue weighted by Crippen LogP contribution is 2.24. The van der Waals surface area contributed by atoms with Gasteiger partial charge in [0.05, 0.1) is 26.2 Å². The maximum absolute atomic E-state index is 12.7. The first kappa shape index (κ1) is 23.5. The molecule has 1 atom stereocenters. The molecular formula is C24H38N4O3. The van der Waals surface area contributed by atoms with Crippen LogP contribution in [0.15, 0.2) is 24.3 Å². The van der Waals surface area contributed by atoms with Gasteiger partial charge in [0.15, 0.2) is 0 Å². The van der Waals surface area contributed by atoms with Crippen molar-refractivity contribution in [2.24, 2.45) is 5.92 Å². The summed E-state index contributed by atoms with van der Waals surface area (Å²) in [4.78, 5) is 31.6. The van der Waals surface area contributed by atoms with Gasteiger partial charge in [0, 0.05) is 39.3 Å². The van der Waals surface area contributed by atoms with Crippen LogP contribution in [0, 0.1) is 5.92 Å². The van der Waals surface area contributed by atoms with Crippen LogP contribution in [0.4, 0.5) is 0 Å². The standard InChI is InChI=1S/C24H38N4O3/c1-19(2)24(20-7-9-21(31-3)10-8-20)25-22(29)17-26-13-15-27(16-14-26)18-23(30)28-11-5-4-6-12-28/h7-10,19,24H,4-6,11-18H2,1-3H3,(H,25,29). The highest BCUT2D eigenvalue weighted by Gasteiger charge is 2.25. The highest BCUT2D eigenvalue weighted by atomic mass is 16.5. The molecule has 2 fully saturated rings. The SMILES string of the molecule is COc1ccc(C(NC(=O)CN2CCN(CC(=O)N3CCCCC3)CC2)C(C)C)cc1. The molecule has 0 radical (unpaired) electrons. The Hall–Kier alpha value is -2.12. The van der Waals surface area contributed by atoms with Crippen molar-refractivity contribution in [1.82, 2.24) is 20.0 Å². The molecule has 2 aliphatic rings. The van der Waals surface area contributed by atoms with Gasteiger partial charge in [-0.15, -0.1) is 0 Å². The lowest BCUT2D eigenvalue weighted by molar-refractivity contribution is -0.134. The number of amides is 2. The first-order valence-corrected chi connectivity index (χ1v) is 11.6. The maximum atomic E-state index is 12.7. The van der Waals surface area contributed by atoms with E-state index >= 15 is 0 Å². The molecule has 2 saturated heterocycles. The Balaban J connectivity index is 1.43. The molecular weight excluding hydrogens is 392 g/mol. The molecule has 31 heavy (non-hydrogen) atoms. The van der Waals surface area contributed by atoms with Crippen LogP contribution in [-0.4, -0.2) is 86.0 Å². The molecule has 7 nitrogen and oxygen atoms in total. The molecule has 2 aliphatic heterocycles. The number of carbonyl (C=O) groups excluding carboxylic acids is 2. The lowest BCUT2D eigenvalue weighted by Gasteiger charge is -2.36. The molecule has 1 aromatic carbocycles. The van der Waals surface area contributed by atoms with Crippen molar-refractivity contribution in [3.05, 3.63) is 29.8 Å². The zero-order chi connectivity index (χ0) is 22.2. The van der Waals surface area contributed by atoms with Gasteiger partial charge in [0.2, 0.25) is 11.8 Å². The summed E-state index contributed by atoms with van der Waals surface area (Å²) in [5, 5.41) is 3.21. The second-order valence-corrected chi connectivity index (χ2v) is 9.06. The molecule has 172 valence electrons. The molecule has 2 heterocycles. The molecule has 0 bridgehead atoms. The Labute approximate surface area is 186 Å². The molecule has 0 spiro atoms. The molecule has 1 unspecified atom stereocenters. The fourth-order valence-corrected chi connectivity index (χ4v) is 4.41. The molecule has 0 aromatic heterocycles. The van der Waals surface area contributed by atoms with Crippen LogP contribution in [0.3, 0.4) is 0 Å². The Morgan fingerprint density at radius 3 is 2.03 bits per heavy atom. The van der Waals surface area contributed by atoms with Crippen LogP contribution in [0.5, 0.6) is 5.75 Å². The topological polar surface area (TPSA) is 65.1 Å². The molecule has 1 N–H and O–H groups in total. The predicted octanol–water partition coefficient (Wildman–Crippen LogP) is 2.14. The predicted molar refractivity (Wildman–Crippen MR) is 122 cm³/mol. The van der Waals surface area contributed by atoms with Gasteiger partial charge < -0.3 is 15.0 Å². The zero-order valence-corrected chi connectivity index (χ0v) is 19.3. The summed E-state index contributed by atoms with van der Waals surface area (Å²) in [6.45, 7) is 10.2. The van der Waals surface area contributed by atoms with Crippen LogP contribution in [-0.2, 0) is 9.59 Å². The van der Waals surface area contributed by atoms with Gasteiger partial charge in [0.25, 0.3) is 0 Å². The number of likely N-dealkylation sites (tertiary alicyclic amines) is 1. The number of methoxy groups -OCH3 is 1.